The van der Waals surface area contributed by atoms with Crippen molar-refractivity contribution in [2.75, 3.05) is 27.8 Å². The average molecular weight is 887 g/mol. The average Bonchev–Trinajstić information content (AvgIpc) is 3.20. The lowest BCUT2D eigenvalue weighted by molar-refractivity contribution is -0.318. The maximum absolute atomic E-state index is 14.5. The third-order valence-corrected chi connectivity index (χ3v) is 14.3. The largest absolute Gasteiger partial charge is 0.459 e. The molecule has 1 saturated carbocycles. The van der Waals surface area contributed by atoms with Crippen LogP contribution in [-0.2, 0) is 47.6 Å². The molecule has 3 heterocycles. The number of oxime groups is 1. The first-order valence-corrected chi connectivity index (χ1v) is 23.1. The summed E-state index contributed by atoms with van der Waals surface area (Å²) < 4.78 is 44.0. The van der Waals surface area contributed by atoms with Gasteiger partial charge in [0, 0.05) is 44.2 Å². The van der Waals surface area contributed by atoms with E-state index in [9.17, 15) is 30.0 Å². The summed E-state index contributed by atoms with van der Waals surface area (Å²) >= 11 is 0. The van der Waals surface area contributed by atoms with Gasteiger partial charge in [0.2, 0.25) is 0 Å². The molecule has 1 aliphatic carbocycles. The molecule has 4 N–H and O–H groups in total. The Kier molecular flexibility index (Phi) is 18.7. The maximum atomic E-state index is 14.5. The van der Waals surface area contributed by atoms with E-state index in [4.69, 9.17) is 38.0 Å². The second-order valence-corrected chi connectivity index (χ2v) is 20.0. The van der Waals surface area contributed by atoms with Crippen molar-refractivity contribution in [3.05, 3.63) is 0 Å². The number of methoxy groups -OCH3 is 1. The lowest BCUT2D eigenvalue weighted by Crippen LogP contribution is -2.61. The standard InChI is InChI=1S/C46H82N2O14/c1-15-34-46(11,54)39(51)27(4)36(47-56-24-32-19-17-16-18-20-32)25(2)22-44(9,53)40(62-43-37(50)33(48(12)13)21-26(3)57-43)28(5)38(29(6)42(52)60-34)61-35-23-45(10,55-14)41(30(7)58-35)59-31(8)49/h25-30,32-35,37-41,43,50-51,53-54H,15-24H2,1-14H3/b47-36+/t25-,26-,27+,28+,29-,30+,33+,34-,35+,37-,38+,39-,40-,41+,43+,44?,45-,46-/m1/s1. The highest BCUT2D eigenvalue weighted by Crippen LogP contribution is 2.41. The zero-order valence-corrected chi connectivity index (χ0v) is 40.1. The third kappa shape index (κ3) is 12.5. The Morgan fingerprint density at radius 2 is 1.56 bits per heavy atom. The maximum Gasteiger partial charge on any atom is 0.311 e. The molecule has 3 aliphatic heterocycles. The molecule has 0 bridgehead atoms. The smallest absolute Gasteiger partial charge is 0.311 e. The Labute approximate surface area is 370 Å². The van der Waals surface area contributed by atoms with E-state index in [1.165, 1.54) is 27.4 Å². The fraction of sp³-hybridized carbons (Fsp3) is 0.935. The van der Waals surface area contributed by atoms with E-state index in [0.29, 0.717) is 24.7 Å². The molecule has 4 aliphatic rings. The molecule has 18 atom stereocenters. The molecule has 0 amide bonds. The van der Waals surface area contributed by atoms with Gasteiger partial charge in [0.1, 0.15) is 30.0 Å². The van der Waals surface area contributed by atoms with Gasteiger partial charge in [-0.2, -0.15) is 0 Å². The third-order valence-electron chi connectivity index (χ3n) is 14.3. The van der Waals surface area contributed by atoms with Crippen LogP contribution in [0.2, 0.25) is 0 Å². The zero-order chi connectivity index (χ0) is 46.5. The van der Waals surface area contributed by atoms with Crippen LogP contribution >= 0.6 is 0 Å². The zero-order valence-electron chi connectivity index (χ0n) is 40.1. The van der Waals surface area contributed by atoms with E-state index in [1.54, 1.807) is 48.5 Å². The quantitative estimate of drug-likeness (QED) is 0.164. The molecule has 3 saturated heterocycles. The van der Waals surface area contributed by atoms with E-state index < -0.39 is 108 Å². The first-order chi connectivity index (χ1) is 28.9. The van der Waals surface area contributed by atoms with Crippen molar-refractivity contribution in [2.24, 2.45) is 34.7 Å². The van der Waals surface area contributed by atoms with Crippen LogP contribution in [0.5, 0.6) is 0 Å². The van der Waals surface area contributed by atoms with Crippen molar-refractivity contribution in [1.82, 2.24) is 4.90 Å². The molecule has 0 radical (unpaired) electrons. The molecule has 16 nitrogen and oxygen atoms in total. The van der Waals surface area contributed by atoms with Crippen molar-refractivity contribution in [3.63, 3.8) is 0 Å². The number of likely N-dealkylation sites (N-methyl/N-ethyl adjacent to an activating group) is 1. The molecule has 1 unspecified atom stereocenters. The minimum absolute atomic E-state index is 0.0217. The van der Waals surface area contributed by atoms with Crippen LogP contribution in [0.4, 0.5) is 0 Å². The first kappa shape index (κ1) is 52.6. The van der Waals surface area contributed by atoms with Crippen LogP contribution in [0.3, 0.4) is 0 Å². The van der Waals surface area contributed by atoms with Crippen LogP contribution < -0.4 is 0 Å². The molecule has 4 fully saturated rings. The minimum atomic E-state index is -1.93. The Balaban J connectivity index is 1.85. The normalized spacial score (nSPS) is 45.3. The number of ether oxygens (including phenoxy) is 7. The van der Waals surface area contributed by atoms with Gasteiger partial charge in [0.25, 0.3) is 0 Å². The fourth-order valence-electron chi connectivity index (χ4n) is 10.6. The van der Waals surface area contributed by atoms with Crippen LogP contribution in [-0.4, -0.2) is 155 Å². The number of aliphatic hydroxyl groups excluding tert-OH is 2. The van der Waals surface area contributed by atoms with Gasteiger partial charge in [-0.25, -0.2) is 0 Å². The van der Waals surface area contributed by atoms with E-state index >= 15 is 0 Å². The first-order valence-electron chi connectivity index (χ1n) is 23.1. The predicted octanol–water partition coefficient (Wildman–Crippen LogP) is 4.74. The topological polar surface area (TPSA) is 204 Å². The summed E-state index contributed by atoms with van der Waals surface area (Å²) in [7, 11) is 5.27. The molecular formula is C46H82N2O14. The highest BCUT2D eigenvalue weighted by atomic mass is 16.7. The van der Waals surface area contributed by atoms with E-state index in [2.05, 4.69) is 5.16 Å². The number of rotatable bonds is 11. The summed E-state index contributed by atoms with van der Waals surface area (Å²) in [6.07, 6.45) is -3.57. The van der Waals surface area contributed by atoms with E-state index in [0.717, 1.165) is 25.7 Å². The number of cyclic esters (lactones) is 1. The van der Waals surface area contributed by atoms with Gasteiger partial charge in [-0.1, -0.05) is 52.1 Å². The Morgan fingerprint density at radius 3 is 2.15 bits per heavy atom. The molecular weight excluding hydrogens is 805 g/mol. The van der Waals surface area contributed by atoms with Gasteiger partial charge in [-0.15, -0.1) is 0 Å². The number of hydrogen-bond acceptors (Lipinski definition) is 16. The molecule has 62 heavy (non-hydrogen) atoms. The molecule has 16 heteroatoms. The van der Waals surface area contributed by atoms with E-state index in [1.807, 2.05) is 32.8 Å². The van der Waals surface area contributed by atoms with Gasteiger partial charge in [0.05, 0.1) is 47.8 Å². The number of carbonyl (C=O) groups excluding carboxylic acids is 2. The number of nitrogens with zero attached hydrogens (tertiary/aromatic N) is 2. The molecule has 0 spiro atoms. The second kappa shape index (κ2) is 22.0. The van der Waals surface area contributed by atoms with Crippen molar-refractivity contribution in [3.8, 4) is 0 Å². The van der Waals surface area contributed by atoms with Gasteiger partial charge >= 0.3 is 11.9 Å². The Bertz CT molecular complexity index is 1470. The van der Waals surface area contributed by atoms with Gasteiger partial charge in [0.15, 0.2) is 18.7 Å². The number of aliphatic hydroxyl groups is 4. The monoisotopic (exact) mass is 887 g/mol. The van der Waals surface area contributed by atoms with Crippen LogP contribution in [0, 0.1) is 29.6 Å². The molecule has 360 valence electrons. The van der Waals surface area contributed by atoms with Crippen molar-refractivity contribution in [1.29, 1.82) is 0 Å². The minimum Gasteiger partial charge on any atom is -0.459 e. The van der Waals surface area contributed by atoms with Crippen molar-refractivity contribution >= 4 is 17.7 Å². The fourth-order valence-corrected chi connectivity index (χ4v) is 10.6. The lowest BCUT2D eigenvalue weighted by atomic mass is 9.73. The van der Waals surface area contributed by atoms with Crippen LogP contribution in [0.1, 0.15) is 134 Å². The van der Waals surface area contributed by atoms with Gasteiger partial charge in [-0.05, 0) is 93.7 Å². The molecule has 0 aromatic rings. The summed E-state index contributed by atoms with van der Waals surface area (Å²) in [5.41, 5.74) is -4.31. The highest BCUT2D eigenvalue weighted by Gasteiger charge is 2.54. The molecule has 0 aromatic carbocycles. The highest BCUT2D eigenvalue weighted by molar-refractivity contribution is 5.88. The summed E-state index contributed by atoms with van der Waals surface area (Å²) in [4.78, 5) is 34.6. The van der Waals surface area contributed by atoms with Gasteiger partial charge in [-0.3, -0.25) is 9.59 Å². The number of esters is 2. The van der Waals surface area contributed by atoms with Crippen LogP contribution in [0.25, 0.3) is 0 Å². The summed E-state index contributed by atoms with van der Waals surface area (Å²) in [6.45, 7) is 19.1. The predicted molar refractivity (Wildman–Crippen MR) is 231 cm³/mol. The Hall–Kier alpha value is -1.99. The summed E-state index contributed by atoms with van der Waals surface area (Å²) in [6, 6.07) is -0.322. The van der Waals surface area contributed by atoms with Crippen LogP contribution in [0.15, 0.2) is 5.16 Å². The lowest BCUT2D eigenvalue weighted by Gasteiger charge is -2.49. The van der Waals surface area contributed by atoms with Gasteiger partial charge < -0.3 is 63.3 Å². The molecule has 4 rings (SSSR count). The number of hydrogen-bond donors (Lipinski definition) is 4. The second-order valence-electron chi connectivity index (χ2n) is 20.0. The number of carbonyl (C=O) groups is 2. The summed E-state index contributed by atoms with van der Waals surface area (Å²) in [5.74, 6) is -4.14. The van der Waals surface area contributed by atoms with E-state index in [-0.39, 0.29) is 31.4 Å². The molecule has 0 aromatic heterocycles. The van der Waals surface area contributed by atoms with Crippen molar-refractivity contribution < 1.29 is 68.0 Å². The SMILES string of the molecule is CC[C@H]1OC(=O)[C@H](C)[C@@H](O[C@H]2C[C@@](C)(OC)[C@@H](OC(C)=O)[C@H](C)O2)[C@H](C)[C@@H](O[C@@H]2O[C@H](C)C[C@H](N(C)C)[C@H]2O)C(C)(O)C[C@@H](C)/C(=N\OCC2CCCCC2)[C@H](C)[C@@H](O)[C@]1(C)O. The summed E-state index contributed by atoms with van der Waals surface area (Å²) in [5, 5.41) is 53.4. The Morgan fingerprint density at radius 1 is 0.919 bits per heavy atom. The van der Waals surface area contributed by atoms with Crippen molar-refractivity contribution in [2.45, 2.75) is 218 Å².